The standard InChI is InChI=1S/C25H36N2O/c1-2-3-4-9-16-25(28-24-14-10-6-11-15-24)22-27-19-17-26(18-20-27)21-23-12-7-5-8-13-23/h5-8,10-15,25H,2-4,9,16-22H2,1H3. The van der Waals surface area contributed by atoms with Crippen LogP contribution in [0.15, 0.2) is 60.7 Å². The highest BCUT2D eigenvalue weighted by atomic mass is 16.5. The lowest BCUT2D eigenvalue weighted by molar-refractivity contribution is 0.0764. The lowest BCUT2D eigenvalue weighted by Crippen LogP contribution is -2.48. The van der Waals surface area contributed by atoms with Gasteiger partial charge in [0, 0.05) is 39.3 Å². The molecule has 28 heavy (non-hydrogen) atoms. The summed E-state index contributed by atoms with van der Waals surface area (Å²) in [6.07, 6.45) is 6.64. The molecule has 1 fully saturated rings. The number of hydrogen-bond donors (Lipinski definition) is 0. The van der Waals surface area contributed by atoms with E-state index in [9.17, 15) is 0 Å². The Morgan fingerprint density at radius 3 is 2.11 bits per heavy atom. The van der Waals surface area contributed by atoms with Crippen LogP contribution >= 0.6 is 0 Å². The highest BCUT2D eigenvalue weighted by Gasteiger charge is 2.21. The van der Waals surface area contributed by atoms with Crippen molar-refractivity contribution in [1.29, 1.82) is 0 Å². The first-order valence-electron chi connectivity index (χ1n) is 11.0. The van der Waals surface area contributed by atoms with Crippen molar-refractivity contribution in [3.8, 4) is 5.75 Å². The van der Waals surface area contributed by atoms with Gasteiger partial charge in [-0.05, 0) is 30.5 Å². The first-order chi connectivity index (χ1) is 13.8. The molecule has 0 saturated carbocycles. The fourth-order valence-corrected chi connectivity index (χ4v) is 3.94. The van der Waals surface area contributed by atoms with Gasteiger partial charge in [-0.1, -0.05) is 74.7 Å². The Hall–Kier alpha value is -1.84. The van der Waals surface area contributed by atoms with Gasteiger partial charge >= 0.3 is 0 Å². The number of para-hydroxylation sites is 1. The molecule has 0 bridgehead atoms. The Bertz CT molecular complexity index is 638. The largest absolute Gasteiger partial charge is 0.489 e. The van der Waals surface area contributed by atoms with Gasteiger partial charge in [0.1, 0.15) is 11.9 Å². The van der Waals surface area contributed by atoms with Crippen molar-refractivity contribution in [1.82, 2.24) is 9.80 Å². The van der Waals surface area contributed by atoms with Crippen LogP contribution in [-0.2, 0) is 6.54 Å². The summed E-state index contributed by atoms with van der Waals surface area (Å²) in [6, 6.07) is 21.2. The maximum Gasteiger partial charge on any atom is 0.119 e. The van der Waals surface area contributed by atoms with E-state index in [0.717, 1.165) is 51.4 Å². The maximum atomic E-state index is 6.36. The lowest BCUT2D eigenvalue weighted by atomic mass is 10.1. The van der Waals surface area contributed by atoms with Crippen LogP contribution in [0.3, 0.4) is 0 Å². The summed E-state index contributed by atoms with van der Waals surface area (Å²) in [4.78, 5) is 5.16. The van der Waals surface area contributed by atoms with Crippen molar-refractivity contribution in [3.63, 3.8) is 0 Å². The molecule has 0 amide bonds. The van der Waals surface area contributed by atoms with E-state index < -0.39 is 0 Å². The number of piperazine rings is 1. The minimum Gasteiger partial charge on any atom is -0.489 e. The van der Waals surface area contributed by atoms with Gasteiger partial charge in [0.2, 0.25) is 0 Å². The summed E-state index contributed by atoms with van der Waals surface area (Å²) < 4.78 is 6.36. The molecule has 0 radical (unpaired) electrons. The molecule has 1 unspecified atom stereocenters. The maximum absolute atomic E-state index is 6.36. The monoisotopic (exact) mass is 380 g/mol. The third-order valence-electron chi connectivity index (χ3n) is 5.60. The van der Waals surface area contributed by atoms with E-state index in [-0.39, 0.29) is 0 Å². The predicted molar refractivity (Wildman–Crippen MR) is 118 cm³/mol. The SMILES string of the molecule is CCCCCCC(CN1CCN(Cc2ccccc2)CC1)Oc1ccccc1. The molecular formula is C25H36N2O. The molecule has 1 saturated heterocycles. The van der Waals surface area contributed by atoms with E-state index >= 15 is 0 Å². The summed E-state index contributed by atoms with van der Waals surface area (Å²) in [5.41, 5.74) is 1.41. The van der Waals surface area contributed by atoms with Gasteiger partial charge in [-0.15, -0.1) is 0 Å². The highest BCUT2D eigenvalue weighted by molar-refractivity contribution is 5.21. The van der Waals surface area contributed by atoms with Gasteiger partial charge in [-0.2, -0.15) is 0 Å². The van der Waals surface area contributed by atoms with E-state index in [1.165, 1.54) is 31.2 Å². The molecule has 1 aliphatic rings. The number of hydrogen-bond acceptors (Lipinski definition) is 3. The molecule has 152 valence electrons. The van der Waals surface area contributed by atoms with E-state index in [4.69, 9.17) is 4.74 Å². The van der Waals surface area contributed by atoms with Crippen molar-refractivity contribution in [2.24, 2.45) is 0 Å². The van der Waals surface area contributed by atoms with Gasteiger partial charge in [0.05, 0.1) is 0 Å². The summed E-state index contributed by atoms with van der Waals surface area (Å²) in [7, 11) is 0. The van der Waals surface area contributed by atoms with Crippen LogP contribution in [0.2, 0.25) is 0 Å². The first-order valence-corrected chi connectivity index (χ1v) is 11.0. The zero-order chi connectivity index (χ0) is 19.4. The van der Waals surface area contributed by atoms with Crippen LogP contribution in [-0.4, -0.2) is 48.6 Å². The van der Waals surface area contributed by atoms with Crippen LogP contribution in [0.5, 0.6) is 5.75 Å². The quantitative estimate of drug-likeness (QED) is 0.497. The molecule has 3 heteroatoms. The first kappa shape index (κ1) is 20.9. The number of benzene rings is 2. The third-order valence-corrected chi connectivity index (χ3v) is 5.60. The Kier molecular flexibility index (Phi) is 8.86. The Labute approximate surface area is 171 Å². The topological polar surface area (TPSA) is 15.7 Å². The Balaban J connectivity index is 1.46. The summed E-state index contributed by atoms with van der Waals surface area (Å²) >= 11 is 0. The summed E-state index contributed by atoms with van der Waals surface area (Å²) in [5, 5.41) is 0. The Morgan fingerprint density at radius 1 is 0.786 bits per heavy atom. The summed E-state index contributed by atoms with van der Waals surface area (Å²) in [5.74, 6) is 1.01. The smallest absolute Gasteiger partial charge is 0.119 e. The molecule has 1 atom stereocenters. The number of ether oxygens (including phenoxy) is 1. The molecule has 1 aliphatic heterocycles. The zero-order valence-corrected chi connectivity index (χ0v) is 17.4. The average molecular weight is 381 g/mol. The zero-order valence-electron chi connectivity index (χ0n) is 17.4. The Morgan fingerprint density at radius 2 is 1.43 bits per heavy atom. The van der Waals surface area contributed by atoms with E-state index in [0.29, 0.717) is 6.10 Å². The van der Waals surface area contributed by atoms with E-state index in [1.54, 1.807) is 0 Å². The predicted octanol–water partition coefficient (Wildman–Crippen LogP) is 5.22. The van der Waals surface area contributed by atoms with Crippen molar-refractivity contribution in [2.75, 3.05) is 32.7 Å². The highest BCUT2D eigenvalue weighted by Crippen LogP contribution is 2.17. The average Bonchev–Trinajstić information content (AvgIpc) is 2.74. The fourth-order valence-electron chi connectivity index (χ4n) is 3.94. The fraction of sp³-hybridized carbons (Fsp3) is 0.520. The van der Waals surface area contributed by atoms with E-state index in [1.807, 2.05) is 0 Å². The van der Waals surface area contributed by atoms with Crippen LogP contribution in [0, 0.1) is 0 Å². The molecule has 3 nitrogen and oxygen atoms in total. The number of rotatable bonds is 11. The molecule has 0 N–H and O–H groups in total. The number of nitrogens with zero attached hydrogens (tertiary/aromatic N) is 2. The van der Waals surface area contributed by atoms with Gasteiger partial charge in [0.25, 0.3) is 0 Å². The van der Waals surface area contributed by atoms with Crippen LogP contribution in [0.4, 0.5) is 0 Å². The third kappa shape index (κ3) is 7.29. The molecule has 2 aromatic rings. The minimum absolute atomic E-state index is 0.292. The van der Waals surface area contributed by atoms with E-state index in [2.05, 4.69) is 77.4 Å². The second-order valence-electron chi connectivity index (χ2n) is 7.96. The molecule has 0 aromatic heterocycles. The molecule has 0 aliphatic carbocycles. The van der Waals surface area contributed by atoms with Crippen molar-refractivity contribution in [3.05, 3.63) is 66.2 Å². The van der Waals surface area contributed by atoms with Crippen molar-refractivity contribution in [2.45, 2.75) is 51.7 Å². The lowest BCUT2D eigenvalue weighted by Gasteiger charge is -2.36. The van der Waals surface area contributed by atoms with Crippen molar-refractivity contribution >= 4 is 0 Å². The van der Waals surface area contributed by atoms with Crippen molar-refractivity contribution < 1.29 is 4.74 Å². The molecule has 1 heterocycles. The van der Waals surface area contributed by atoms with Gasteiger partial charge in [-0.3, -0.25) is 9.80 Å². The van der Waals surface area contributed by atoms with Crippen LogP contribution < -0.4 is 4.74 Å². The van der Waals surface area contributed by atoms with Gasteiger partial charge in [0.15, 0.2) is 0 Å². The number of unbranched alkanes of at least 4 members (excludes halogenated alkanes) is 3. The van der Waals surface area contributed by atoms with Crippen LogP contribution in [0.1, 0.15) is 44.6 Å². The molecular weight excluding hydrogens is 344 g/mol. The van der Waals surface area contributed by atoms with Crippen LogP contribution in [0.25, 0.3) is 0 Å². The second-order valence-corrected chi connectivity index (χ2v) is 7.96. The van der Waals surface area contributed by atoms with Gasteiger partial charge in [-0.25, -0.2) is 0 Å². The molecule has 3 rings (SSSR count). The normalized spacial score (nSPS) is 16.8. The molecule has 2 aromatic carbocycles. The summed E-state index contributed by atoms with van der Waals surface area (Å²) in [6.45, 7) is 8.93. The van der Waals surface area contributed by atoms with Gasteiger partial charge < -0.3 is 4.74 Å². The molecule has 0 spiro atoms. The minimum atomic E-state index is 0.292. The second kappa shape index (κ2) is 11.9.